The molecule has 2 atom stereocenters. The molecule has 0 unspecified atom stereocenters. The van der Waals surface area contributed by atoms with E-state index in [4.69, 9.17) is 19.3 Å². The van der Waals surface area contributed by atoms with Gasteiger partial charge in [0.2, 0.25) is 11.8 Å². The van der Waals surface area contributed by atoms with Crippen molar-refractivity contribution in [1.82, 2.24) is 15.5 Å². The van der Waals surface area contributed by atoms with Gasteiger partial charge in [0.25, 0.3) is 0 Å². The molecule has 0 bridgehead atoms. The minimum Gasteiger partial charge on any atom is -0.481 e. The minimum absolute atomic E-state index is 0.0571. The van der Waals surface area contributed by atoms with Crippen molar-refractivity contribution in [3.63, 3.8) is 0 Å². The zero-order chi connectivity index (χ0) is 27.2. The molecule has 0 heterocycles. The summed E-state index contributed by atoms with van der Waals surface area (Å²) < 4.78 is 15.0. The van der Waals surface area contributed by atoms with Crippen molar-refractivity contribution < 1.29 is 48.1 Å². The Morgan fingerprint density at radius 2 is 1.54 bits per heavy atom. The molecule has 0 saturated heterocycles. The lowest BCUT2D eigenvalue weighted by atomic mass is 10.1. The first-order valence-electron chi connectivity index (χ1n) is 11.3. The fourth-order valence-corrected chi connectivity index (χ4v) is 2.73. The van der Waals surface area contributed by atoms with Crippen molar-refractivity contribution in [2.45, 2.75) is 78.0 Å². The summed E-state index contributed by atoms with van der Waals surface area (Å²) in [4.78, 5) is 73.1. The predicted molar refractivity (Wildman–Crippen MR) is 122 cm³/mol. The van der Waals surface area contributed by atoms with Crippen LogP contribution in [-0.2, 0) is 38.2 Å². The molecule has 0 aromatic carbocycles. The molecule has 0 aliphatic heterocycles. The molecule has 0 spiro atoms. The Morgan fingerprint density at radius 1 is 0.943 bits per heavy atom. The quantitative estimate of drug-likeness (QED) is 0.224. The molecule has 0 fully saturated rings. The number of amides is 3. The molecule has 35 heavy (non-hydrogen) atoms. The summed E-state index contributed by atoms with van der Waals surface area (Å²) in [6, 6.07) is -2.37. The zero-order valence-electron chi connectivity index (χ0n) is 21.2. The summed E-state index contributed by atoms with van der Waals surface area (Å²) >= 11 is 0. The van der Waals surface area contributed by atoms with E-state index in [0.717, 1.165) is 4.90 Å². The van der Waals surface area contributed by atoms with Crippen molar-refractivity contribution >= 4 is 35.8 Å². The normalized spacial score (nSPS) is 12.5. The van der Waals surface area contributed by atoms with Crippen LogP contribution < -0.4 is 10.6 Å². The van der Waals surface area contributed by atoms with Crippen molar-refractivity contribution in [3.8, 4) is 0 Å². The van der Waals surface area contributed by atoms with E-state index in [-0.39, 0.29) is 32.5 Å². The van der Waals surface area contributed by atoms with Gasteiger partial charge in [0.15, 0.2) is 0 Å². The Kier molecular flexibility index (Phi) is 14.0. The summed E-state index contributed by atoms with van der Waals surface area (Å²) in [6.45, 7) is 7.91. The fourth-order valence-electron chi connectivity index (χ4n) is 2.73. The number of rotatable bonds is 14. The molecule has 3 N–H and O–H groups in total. The standard InChI is InChI=1S/C22H37N3O10/c1-7-33-18(29)13-23-19(30)14(9-12-17(27)28)24-16(26)11-10-15(20(31)34-8-2)25(6)21(32)35-22(3,4)5/h14-15H,7-13H2,1-6H3,(H,23,30)(H,24,26)(H,27,28)/t14-,15-/m0/s1. The fraction of sp³-hybridized carbons (Fsp3) is 0.727. The first-order chi connectivity index (χ1) is 16.2. The van der Waals surface area contributed by atoms with Gasteiger partial charge in [-0.25, -0.2) is 9.59 Å². The van der Waals surface area contributed by atoms with Crippen LogP contribution in [0.15, 0.2) is 0 Å². The van der Waals surface area contributed by atoms with Crippen LogP contribution in [0.2, 0.25) is 0 Å². The first-order valence-corrected chi connectivity index (χ1v) is 11.3. The third-order valence-electron chi connectivity index (χ3n) is 4.36. The molecule has 200 valence electrons. The minimum atomic E-state index is -1.24. The Hall–Kier alpha value is -3.38. The van der Waals surface area contributed by atoms with Crippen LogP contribution in [0.1, 0.15) is 60.3 Å². The Labute approximate surface area is 204 Å². The molecule has 0 saturated carbocycles. The molecular formula is C22H37N3O10. The van der Waals surface area contributed by atoms with Gasteiger partial charge in [-0.3, -0.25) is 24.1 Å². The molecule has 0 rings (SSSR count). The second kappa shape index (κ2) is 15.5. The third kappa shape index (κ3) is 13.8. The Morgan fingerprint density at radius 3 is 2.06 bits per heavy atom. The predicted octanol–water partition coefficient (Wildman–Crippen LogP) is 0.594. The van der Waals surface area contributed by atoms with Crippen LogP contribution >= 0.6 is 0 Å². The van der Waals surface area contributed by atoms with Crippen LogP contribution in [0, 0.1) is 0 Å². The molecule has 3 amide bonds. The van der Waals surface area contributed by atoms with Gasteiger partial charge in [0, 0.05) is 19.9 Å². The van der Waals surface area contributed by atoms with E-state index < -0.39 is 66.5 Å². The third-order valence-corrected chi connectivity index (χ3v) is 4.36. The number of nitrogens with zero attached hydrogens (tertiary/aromatic N) is 1. The van der Waals surface area contributed by atoms with Gasteiger partial charge in [0.05, 0.1) is 13.2 Å². The first kappa shape index (κ1) is 31.6. The highest BCUT2D eigenvalue weighted by atomic mass is 16.6. The van der Waals surface area contributed by atoms with Gasteiger partial charge in [-0.05, 0) is 47.5 Å². The Balaban J connectivity index is 5.26. The lowest BCUT2D eigenvalue weighted by Crippen LogP contribution is -2.49. The van der Waals surface area contributed by atoms with Crippen LogP contribution in [0.5, 0.6) is 0 Å². The zero-order valence-corrected chi connectivity index (χ0v) is 21.2. The van der Waals surface area contributed by atoms with Gasteiger partial charge in [0.1, 0.15) is 24.2 Å². The van der Waals surface area contributed by atoms with Crippen LogP contribution in [0.25, 0.3) is 0 Å². The number of carboxylic acids is 1. The molecule has 0 radical (unpaired) electrons. The van der Waals surface area contributed by atoms with E-state index in [1.165, 1.54) is 7.05 Å². The summed E-state index contributed by atoms with van der Waals surface area (Å²) in [6.07, 6.45) is -1.85. The van der Waals surface area contributed by atoms with Crippen molar-refractivity contribution in [2.75, 3.05) is 26.8 Å². The second-order valence-electron chi connectivity index (χ2n) is 8.47. The summed E-state index contributed by atoms with van der Waals surface area (Å²) in [5, 5.41) is 13.6. The second-order valence-corrected chi connectivity index (χ2v) is 8.47. The maximum Gasteiger partial charge on any atom is 0.410 e. The number of carboxylic acid groups (broad SMARTS) is 1. The number of ether oxygens (including phenoxy) is 3. The summed E-state index contributed by atoms with van der Waals surface area (Å²) in [7, 11) is 1.34. The average Bonchev–Trinajstić information content (AvgIpc) is 2.73. The molecule has 0 aliphatic rings. The number of hydrogen-bond donors (Lipinski definition) is 3. The number of nitrogens with one attached hydrogen (secondary N) is 2. The van der Waals surface area contributed by atoms with E-state index in [9.17, 15) is 28.8 Å². The van der Waals surface area contributed by atoms with Crippen LogP contribution in [-0.4, -0.2) is 90.3 Å². The van der Waals surface area contributed by atoms with Crippen molar-refractivity contribution in [2.24, 2.45) is 0 Å². The maximum atomic E-state index is 12.5. The van der Waals surface area contributed by atoms with Gasteiger partial charge in [-0.2, -0.15) is 0 Å². The number of aliphatic carboxylic acids is 1. The summed E-state index contributed by atoms with van der Waals surface area (Å²) in [5.74, 6) is -4.03. The highest BCUT2D eigenvalue weighted by Crippen LogP contribution is 2.14. The number of carbonyl (C=O) groups excluding carboxylic acids is 5. The van der Waals surface area contributed by atoms with E-state index >= 15 is 0 Å². The molecule has 0 aromatic rings. The van der Waals surface area contributed by atoms with E-state index in [1.807, 2.05) is 0 Å². The largest absolute Gasteiger partial charge is 0.481 e. The van der Waals surface area contributed by atoms with Crippen molar-refractivity contribution in [1.29, 1.82) is 0 Å². The smallest absolute Gasteiger partial charge is 0.410 e. The number of hydrogen-bond acceptors (Lipinski definition) is 9. The van der Waals surface area contributed by atoms with Crippen LogP contribution in [0.4, 0.5) is 4.79 Å². The average molecular weight is 504 g/mol. The maximum absolute atomic E-state index is 12.5. The van der Waals surface area contributed by atoms with Crippen LogP contribution in [0.3, 0.4) is 0 Å². The van der Waals surface area contributed by atoms with E-state index in [1.54, 1.807) is 34.6 Å². The SMILES string of the molecule is CCOC(=O)CNC(=O)[C@H](CCC(=O)O)NC(=O)CC[C@@H](C(=O)OCC)N(C)C(=O)OC(C)(C)C. The lowest BCUT2D eigenvalue weighted by molar-refractivity contribution is -0.149. The van der Waals surface area contributed by atoms with Gasteiger partial charge < -0.3 is 30.0 Å². The monoisotopic (exact) mass is 503 g/mol. The molecule has 0 aromatic heterocycles. The van der Waals surface area contributed by atoms with Gasteiger partial charge >= 0.3 is 24.0 Å². The number of likely N-dealkylation sites (N-methyl/N-ethyl adjacent to an activating group) is 1. The van der Waals surface area contributed by atoms with Gasteiger partial charge in [-0.15, -0.1) is 0 Å². The molecule has 13 nitrogen and oxygen atoms in total. The van der Waals surface area contributed by atoms with E-state index in [2.05, 4.69) is 10.6 Å². The van der Waals surface area contributed by atoms with E-state index in [0.29, 0.717) is 0 Å². The Bertz CT molecular complexity index is 763. The summed E-state index contributed by atoms with van der Waals surface area (Å²) in [5.41, 5.74) is -0.809. The van der Waals surface area contributed by atoms with Crippen molar-refractivity contribution in [3.05, 3.63) is 0 Å². The lowest BCUT2D eigenvalue weighted by Gasteiger charge is -2.29. The highest BCUT2D eigenvalue weighted by molar-refractivity contribution is 5.90. The highest BCUT2D eigenvalue weighted by Gasteiger charge is 2.32. The molecule has 0 aliphatic carbocycles. The molecule has 13 heteroatoms. The van der Waals surface area contributed by atoms with Gasteiger partial charge in [-0.1, -0.05) is 0 Å². The number of esters is 2. The molecular weight excluding hydrogens is 466 g/mol. The topological polar surface area (TPSA) is 178 Å². The number of carbonyl (C=O) groups is 6.